The standard InChI is InChI=1S/C26H32N2O5/c1-5-16(3)23(24(29)28(6-2)17(4)25(30)31)27-26(32)33-15-22-20-13-9-7-11-18(20)19-12-8-10-14-21(19)22/h7-14,16-17,22-23H,5-6,15H2,1-4H3,(H,27,32)(H,30,31)/t16?,17?,23-/m0/s1. The average molecular weight is 453 g/mol. The largest absolute Gasteiger partial charge is 0.480 e. The maximum absolute atomic E-state index is 13.1. The summed E-state index contributed by atoms with van der Waals surface area (Å²) in [6.45, 7) is 7.33. The van der Waals surface area contributed by atoms with Crippen molar-refractivity contribution in [2.45, 2.75) is 52.1 Å². The van der Waals surface area contributed by atoms with Crippen LogP contribution in [0.4, 0.5) is 4.79 Å². The van der Waals surface area contributed by atoms with E-state index in [-0.39, 0.29) is 25.0 Å². The topological polar surface area (TPSA) is 95.9 Å². The van der Waals surface area contributed by atoms with E-state index in [1.165, 1.54) is 11.8 Å². The summed E-state index contributed by atoms with van der Waals surface area (Å²) in [6.07, 6.45) is -0.0476. The Labute approximate surface area is 194 Å². The van der Waals surface area contributed by atoms with Gasteiger partial charge in [-0.05, 0) is 42.0 Å². The number of aliphatic carboxylic acids is 1. The molecule has 176 valence electrons. The van der Waals surface area contributed by atoms with Crippen molar-refractivity contribution in [1.82, 2.24) is 10.2 Å². The lowest BCUT2D eigenvalue weighted by Gasteiger charge is -2.32. The lowest BCUT2D eigenvalue weighted by Crippen LogP contribution is -2.55. The SMILES string of the molecule is CCC(C)[C@H](NC(=O)OCC1c2ccccc2-c2ccccc21)C(=O)N(CC)C(C)C(=O)O. The molecule has 2 aromatic rings. The van der Waals surface area contributed by atoms with Crippen LogP contribution in [0, 0.1) is 5.92 Å². The van der Waals surface area contributed by atoms with Crippen LogP contribution in [0.2, 0.25) is 0 Å². The van der Waals surface area contributed by atoms with Gasteiger partial charge in [0, 0.05) is 12.5 Å². The molecule has 2 N–H and O–H groups in total. The van der Waals surface area contributed by atoms with Gasteiger partial charge in [0.1, 0.15) is 18.7 Å². The molecule has 7 nitrogen and oxygen atoms in total. The van der Waals surface area contributed by atoms with Crippen molar-refractivity contribution < 1.29 is 24.2 Å². The quantitative estimate of drug-likeness (QED) is 0.593. The summed E-state index contributed by atoms with van der Waals surface area (Å²) in [5.41, 5.74) is 4.48. The van der Waals surface area contributed by atoms with Crippen LogP contribution >= 0.6 is 0 Å². The van der Waals surface area contributed by atoms with Crippen LogP contribution in [-0.2, 0) is 14.3 Å². The number of likely N-dealkylation sites (N-methyl/N-ethyl adjacent to an activating group) is 1. The molecule has 0 fully saturated rings. The smallest absolute Gasteiger partial charge is 0.407 e. The second kappa shape index (κ2) is 10.5. The summed E-state index contributed by atoms with van der Waals surface area (Å²) in [6, 6.07) is 14.3. The number of benzene rings is 2. The molecule has 1 aliphatic carbocycles. The summed E-state index contributed by atoms with van der Waals surface area (Å²) < 4.78 is 5.60. The number of hydrogen-bond acceptors (Lipinski definition) is 4. The van der Waals surface area contributed by atoms with Crippen LogP contribution < -0.4 is 5.32 Å². The molecule has 7 heteroatoms. The first-order chi connectivity index (χ1) is 15.8. The third-order valence-electron chi connectivity index (χ3n) is 6.54. The van der Waals surface area contributed by atoms with Crippen molar-refractivity contribution in [3.63, 3.8) is 0 Å². The van der Waals surface area contributed by atoms with E-state index in [9.17, 15) is 19.5 Å². The highest BCUT2D eigenvalue weighted by Gasteiger charge is 2.35. The second-order valence-corrected chi connectivity index (χ2v) is 8.47. The number of carboxylic acids is 1. The molecular formula is C26H32N2O5. The molecular weight excluding hydrogens is 420 g/mol. The fraction of sp³-hybridized carbons (Fsp3) is 0.423. The number of amides is 2. The summed E-state index contributed by atoms with van der Waals surface area (Å²) in [5, 5.41) is 12.1. The molecule has 33 heavy (non-hydrogen) atoms. The van der Waals surface area contributed by atoms with Gasteiger partial charge in [-0.15, -0.1) is 0 Å². The van der Waals surface area contributed by atoms with Crippen molar-refractivity contribution >= 4 is 18.0 Å². The number of carbonyl (C=O) groups excluding carboxylic acids is 2. The van der Waals surface area contributed by atoms with Crippen molar-refractivity contribution in [3.05, 3.63) is 59.7 Å². The molecule has 3 atom stereocenters. The maximum atomic E-state index is 13.1. The second-order valence-electron chi connectivity index (χ2n) is 8.47. The number of fused-ring (bicyclic) bond motifs is 3. The number of rotatable bonds is 9. The zero-order chi connectivity index (χ0) is 24.1. The minimum absolute atomic E-state index is 0.0833. The Morgan fingerprint density at radius 3 is 2.03 bits per heavy atom. The minimum atomic E-state index is -1.09. The van der Waals surface area contributed by atoms with Crippen molar-refractivity contribution in [2.75, 3.05) is 13.2 Å². The molecule has 2 aromatic carbocycles. The summed E-state index contributed by atoms with van der Waals surface area (Å²) in [7, 11) is 0. The predicted octanol–water partition coefficient (Wildman–Crippen LogP) is 4.26. The van der Waals surface area contributed by atoms with Crippen LogP contribution in [0.25, 0.3) is 11.1 Å². The highest BCUT2D eigenvalue weighted by Crippen LogP contribution is 2.44. The van der Waals surface area contributed by atoms with E-state index in [1.54, 1.807) is 6.92 Å². The van der Waals surface area contributed by atoms with Gasteiger partial charge in [-0.2, -0.15) is 0 Å². The predicted molar refractivity (Wildman–Crippen MR) is 126 cm³/mol. The van der Waals surface area contributed by atoms with Gasteiger partial charge in [0.15, 0.2) is 0 Å². The van der Waals surface area contributed by atoms with E-state index in [4.69, 9.17) is 4.74 Å². The van der Waals surface area contributed by atoms with E-state index in [0.717, 1.165) is 22.3 Å². The molecule has 3 rings (SSSR count). The molecule has 0 bridgehead atoms. The molecule has 0 aliphatic heterocycles. The lowest BCUT2D eigenvalue weighted by atomic mass is 9.97. The average Bonchev–Trinajstić information content (AvgIpc) is 3.14. The highest BCUT2D eigenvalue weighted by atomic mass is 16.5. The van der Waals surface area contributed by atoms with Gasteiger partial charge in [-0.1, -0.05) is 68.8 Å². The summed E-state index contributed by atoms with van der Waals surface area (Å²) >= 11 is 0. The minimum Gasteiger partial charge on any atom is -0.480 e. The Hall–Kier alpha value is -3.35. The highest BCUT2D eigenvalue weighted by molar-refractivity contribution is 5.89. The molecule has 0 radical (unpaired) electrons. The maximum Gasteiger partial charge on any atom is 0.407 e. The van der Waals surface area contributed by atoms with Crippen LogP contribution in [0.5, 0.6) is 0 Å². The van der Waals surface area contributed by atoms with Gasteiger partial charge in [-0.3, -0.25) is 4.79 Å². The van der Waals surface area contributed by atoms with Crippen LogP contribution in [-0.4, -0.2) is 53.2 Å². The zero-order valence-electron chi connectivity index (χ0n) is 19.6. The van der Waals surface area contributed by atoms with Gasteiger partial charge in [0.25, 0.3) is 0 Å². The lowest BCUT2D eigenvalue weighted by molar-refractivity contribution is -0.150. The first kappa shape index (κ1) is 24.3. The first-order valence-corrected chi connectivity index (χ1v) is 11.4. The van der Waals surface area contributed by atoms with Gasteiger partial charge in [0.2, 0.25) is 5.91 Å². The van der Waals surface area contributed by atoms with E-state index < -0.39 is 30.1 Å². The summed E-state index contributed by atoms with van der Waals surface area (Å²) in [5.74, 6) is -1.78. The van der Waals surface area contributed by atoms with Crippen LogP contribution in [0.15, 0.2) is 48.5 Å². The number of carbonyl (C=O) groups is 3. The Morgan fingerprint density at radius 2 is 1.55 bits per heavy atom. The number of hydrogen-bond donors (Lipinski definition) is 2. The first-order valence-electron chi connectivity index (χ1n) is 11.4. The van der Waals surface area contributed by atoms with E-state index in [2.05, 4.69) is 17.4 Å². The molecule has 0 saturated heterocycles. The molecule has 2 amide bonds. The fourth-order valence-corrected chi connectivity index (χ4v) is 4.38. The van der Waals surface area contributed by atoms with E-state index in [1.807, 2.05) is 50.2 Å². The Kier molecular flexibility index (Phi) is 7.74. The molecule has 0 aromatic heterocycles. The number of nitrogens with one attached hydrogen (secondary N) is 1. The van der Waals surface area contributed by atoms with Crippen molar-refractivity contribution in [3.8, 4) is 11.1 Å². The monoisotopic (exact) mass is 452 g/mol. The Morgan fingerprint density at radius 1 is 1.00 bits per heavy atom. The van der Waals surface area contributed by atoms with Crippen molar-refractivity contribution in [1.29, 1.82) is 0 Å². The van der Waals surface area contributed by atoms with Gasteiger partial charge in [0.05, 0.1) is 0 Å². The molecule has 2 unspecified atom stereocenters. The van der Waals surface area contributed by atoms with Gasteiger partial charge in [-0.25, -0.2) is 9.59 Å². The van der Waals surface area contributed by atoms with Crippen molar-refractivity contribution in [2.24, 2.45) is 5.92 Å². The number of alkyl carbamates (subject to hydrolysis) is 1. The Bertz CT molecular complexity index is 976. The third-order valence-corrected chi connectivity index (χ3v) is 6.54. The van der Waals surface area contributed by atoms with E-state index in [0.29, 0.717) is 6.42 Å². The Balaban J connectivity index is 1.73. The van der Waals surface area contributed by atoms with Gasteiger partial charge < -0.3 is 20.1 Å². The molecule has 0 heterocycles. The molecule has 0 saturated carbocycles. The van der Waals surface area contributed by atoms with Crippen LogP contribution in [0.3, 0.4) is 0 Å². The third kappa shape index (κ3) is 5.02. The number of carboxylic acid groups (broad SMARTS) is 1. The molecule has 1 aliphatic rings. The van der Waals surface area contributed by atoms with Gasteiger partial charge >= 0.3 is 12.1 Å². The fourth-order valence-electron chi connectivity index (χ4n) is 4.38. The normalized spacial score (nSPS) is 15.0. The summed E-state index contributed by atoms with van der Waals surface area (Å²) in [4.78, 5) is 38.6. The van der Waals surface area contributed by atoms with Crippen LogP contribution in [0.1, 0.15) is 51.2 Å². The number of nitrogens with zero attached hydrogens (tertiary/aromatic N) is 1. The molecule has 0 spiro atoms. The zero-order valence-corrected chi connectivity index (χ0v) is 19.6. The van der Waals surface area contributed by atoms with E-state index >= 15 is 0 Å². The number of ether oxygens (including phenoxy) is 1.